The Labute approximate surface area is 714 Å². The second-order valence-corrected chi connectivity index (χ2v) is 28.4. The van der Waals surface area contributed by atoms with E-state index in [0.717, 1.165) is 83.3 Å². The fourth-order valence-corrected chi connectivity index (χ4v) is 12.2. The molecule has 0 aliphatic carbocycles. The first-order valence-electron chi connectivity index (χ1n) is 35.9. The number of halogens is 7. The molecule has 41 heteroatoms. The summed E-state index contributed by atoms with van der Waals surface area (Å²) < 4.78 is 173. The van der Waals surface area contributed by atoms with E-state index in [-0.39, 0.29) is 111 Å². The van der Waals surface area contributed by atoms with Crippen molar-refractivity contribution in [1.29, 1.82) is 0 Å². The summed E-state index contributed by atoms with van der Waals surface area (Å²) in [4.78, 5) is 40.2. The van der Waals surface area contributed by atoms with Gasteiger partial charge in [-0.3, -0.25) is 9.89 Å². The number of esters is 2. The average molecular weight is 1760 g/mol. The summed E-state index contributed by atoms with van der Waals surface area (Å²) in [6.07, 6.45) is -0.355. The van der Waals surface area contributed by atoms with Crippen LogP contribution < -0.4 is 23.7 Å². The number of benzene rings is 2. The van der Waals surface area contributed by atoms with Gasteiger partial charge in [-0.1, -0.05) is 65.7 Å². The summed E-state index contributed by atoms with van der Waals surface area (Å²) in [6, 6.07) is 21.9. The summed E-state index contributed by atoms with van der Waals surface area (Å²) in [7, 11) is 2.12. The molecular weight excluding hydrogens is 1650 g/mol. The zero-order valence-corrected chi connectivity index (χ0v) is 73.3. The van der Waals surface area contributed by atoms with Crippen LogP contribution in [0.2, 0.25) is 0 Å². The van der Waals surface area contributed by atoms with Gasteiger partial charge in [0.1, 0.15) is 50.4 Å². The van der Waals surface area contributed by atoms with E-state index >= 15 is 0 Å². The molecule has 4 atom stereocenters. The van der Waals surface area contributed by atoms with Crippen LogP contribution >= 0.6 is 24.2 Å². The van der Waals surface area contributed by atoms with Crippen molar-refractivity contribution < 1.29 is 148 Å². The van der Waals surface area contributed by atoms with Crippen molar-refractivity contribution in [1.82, 2.24) is 49.5 Å². The van der Waals surface area contributed by atoms with Gasteiger partial charge in [-0.15, -0.1) is 24.3 Å². The van der Waals surface area contributed by atoms with Gasteiger partial charge in [0.25, 0.3) is 0 Å². The van der Waals surface area contributed by atoms with Gasteiger partial charge < -0.3 is 57.3 Å². The minimum atomic E-state index is -4.63. The second kappa shape index (κ2) is 61.9. The van der Waals surface area contributed by atoms with Crippen LogP contribution in [0.4, 0.5) is 26.3 Å². The number of methoxy groups -OCH3 is 4. The number of carbonyl (C=O) groups is 3. The molecule has 4 unspecified atom stereocenters. The van der Waals surface area contributed by atoms with Crippen molar-refractivity contribution in [3.05, 3.63) is 166 Å². The predicted molar refractivity (Wildman–Crippen MR) is 414 cm³/mol. The number of aromatic nitrogens is 10. The van der Waals surface area contributed by atoms with Gasteiger partial charge in [-0.2, -0.15) is 53.2 Å². The molecule has 3 radical (unpaired) electrons. The normalized spacial score (nSPS) is 16.3. The molecule has 0 bridgehead atoms. The van der Waals surface area contributed by atoms with Gasteiger partial charge in [0.05, 0.1) is 51.7 Å². The molecule has 0 spiro atoms. The first kappa shape index (κ1) is 112. The topological polar surface area (TPSA) is 341 Å². The average Bonchev–Trinajstić information content (AvgIpc) is 1.03. The van der Waals surface area contributed by atoms with Crippen molar-refractivity contribution in [3.63, 3.8) is 0 Å². The number of aliphatic hydroxyl groups excluding tert-OH is 1. The van der Waals surface area contributed by atoms with Gasteiger partial charge in [-0.25, -0.2) is 38.7 Å². The molecule has 7 aromatic rings. The monoisotopic (exact) mass is 1760 g/mol. The number of rotatable bonds is 20. The van der Waals surface area contributed by atoms with E-state index in [0.29, 0.717) is 74.0 Å². The molecule has 4 fully saturated rings. The Morgan fingerprint density at radius 3 is 1.68 bits per heavy atom. The molecule has 11 rings (SSSR count). The molecule has 4 aliphatic rings. The predicted octanol–water partition coefficient (Wildman–Crippen LogP) is 11.0. The van der Waals surface area contributed by atoms with Crippen LogP contribution in [0.25, 0.3) is 0 Å². The maximum absolute atomic E-state index is 13.3. The fourth-order valence-electron chi connectivity index (χ4n) is 10.1. The third-order valence-electron chi connectivity index (χ3n) is 15.4. The van der Waals surface area contributed by atoms with Crippen LogP contribution in [0.1, 0.15) is 187 Å². The Hall–Kier alpha value is -6.30. The van der Waals surface area contributed by atoms with Crippen LogP contribution in [0, 0.1) is 47.1 Å². The number of aryl methyl sites for hydroxylation is 5. The van der Waals surface area contributed by atoms with Gasteiger partial charge in [-0.05, 0) is 173 Å². The molecule has 4 saturated heterocycles. The van der Waals surface area contributed by atoms with Crippen molar-refractivity contribution in [2.45, 2.75) is 186 Å². The summed E-state index contributed by atoms with van der Waals surface area (Å²) in [6.45, 7) is 28.7. The van der Waals surface area contributed by atoms with E-state index in [9.17, 15) is 49.1 Å². The summed E-state index contributed by atoms with van der Waals surface area (Å²) in [5.74, 6) is -0.319. The molecule has 646 valence electrons. The third-order valence-corrected chi connectivity index (χ3v) is 18.5. The van der Waals surface area contributed by atoms with E-state index in [1.54, 1.807) is 84.4 Å². The number of aliphatic hydroxyl groups is 1. The van der Waals surface area contributed by atoms with Crippen LogP contribution in [0.5, 0.6) is 0 Å². The number of thiol groups is 1. The molecule has 116 heavy (non-hydrogen) atoms. The van der Waals surface area contributed by atoms with Crippen molar-refractivity contribution in [2.75, 3.05) is 94.0 Å². The summed E-state index contributed by atoms with van der Waals surface area (Å²) in [5.41, 5.74) is 4.29. The number of sulfone groups is 1. The Morgan fingerprint density at radius 1 is 0.741 bits per heavy atom. The number of alkyl halides is 7. The molecule has 5 aromatic heterocycles. The molecule has 0 saturated carbocycles. The molecule has 0 amide bonds. The van der Waals surface area contributed by atoms with Crippen LogP contribution in [0.3, 0.4) is 0 Å². The SMILES string of the molecule is C1CCOC1.C=CCCO.CCOC(=O)c1cc(C)[nH]n1.CCOC(=O)c1cc(C)nn1COC.CCOn1nc(C)cc1C=O.COCCl.COCn1nc(C(F)(F)F)cc1C1CC(C)(S(=O)(=O)c2cccc(C)c2)CCO1.COCn1nc(C(F)(F)F)cc1C1CC(C)CCO1.Cc1cccc(S)c1.[Al].[CH-]1CCCO1.[Li+].[O]=[Mn]=[O]. The molecule has 2 aromatic carbocycles. The number of hydrogen-bond acceptors (Lipinski definition) is 25. The summed E-state index contributed by atoms with van der Waals surface area (Å²) in [5, 5.41) is 29.5. The fraction of sp³-hybridized carbons (Fsp3) is 0.560. The van der Waals surface area contributed by atoms with E-state index < -0.39 is 59.2 Å². The van der Waals surface area contributed by atoms with Crippen molar-refractivity contribution in [2.24, 2.45) is 5.92 Å². The van der Waals surface area contributed by atoms with Gasteiger partial charge >= 0.3 is 65.6 Å². The standard InChI is InChI=1S/C19H23F3N2O4S.C12H17F3N2O2.C9H14N2O3.2C7H10N2O2.C7H8S.C4H8O.C4H7O.C4H8O.C2H5ClO.Al.Li.Mn.2O/c1-13-5-4-6-14(9-13)29(25,26)18(2)7-8-28-16(11-18)15-10-17(19(20,21)22)23-24(15)12-27-3;1-8-3-4-19-10(5-8)9-6-11(12(13,14)15)16-17(9)7-18-2;1-4-14-9(12)8-5-7(2)10-11(8)6-13-3;1-3-11-9-7(5-10)4-6(2)8-9;1-3-11-7(10)6-4-5(2)8-9-6;1-6-3-2-4-7(8)5-6;2*1-2-4-5-3-1;1-2-3-4-5;1-4-2-3;;;;;/h4-6,9-10,16H,7-8,11-12H2,1-3H3;6,8,10H,3-5,7H2,1-2H3;5H,4,6H2,1-3H3;4-5H,3H2,1-2H3;4H,3H2,1-2H3,(H,8,9);2-5,8H,1H3;1-4H2;3H,1-2,4H2;2,5H,1,3-4H2;2H2,1H3;;;;;/q;;;;;;;-1;;;;+1;;;. The Balaban J connectivity index is 0. The molecule has 2 N–H and O–H groups in total. The van der Waals surface area contributed by atoms with Crippen molar-refractivity contribution >= 4 is 69.7 Å². The third kappa shape index (κ3) is 43.1. The maximum atomic E-state index is 13.3. The Kier molecular flexibility index (Phi) is 59.6. The number of aromatic amines is 1. The van der Waals surface area contributed by atoms with E-state index in [1.807, 2.05) is 52.5 Å². The van der Waals surface area contributed by atoms with Gasteiger partial charge in [0.2, 0.25) is 0 Å². The van der Waals surface area contributed by atoms with Crippen molar-refractivity contribution in [3.8, 4) is 0 Å². The van der Waals surface area contributed by atoms with E-state index in [1.165, 1.54) is 59.3 Å². The second-order valence-electron chi connectivity index (χ2n) is 25.0. The number of aldehydes is 1. The number of H-pyrrole nitrogens is 1. The summed E-state index contributed by atoms with van der Waals surface area (Å²) >= 11 is 7.68. The number of nitrogens with zero attached hydrogens (tertiary/aromatic N) is 9. The van der Waals surface area contributed by atoms with E-state index in [2.05, 4.69) is 74.5 Å². The Morgan fingerprint density at radius 2 is 1.28 bits per heavy atom. The Bertz CT molecular complexity index is 3970. The number of ether oxygens (including phenoxy) is 10. The number of carbonyl (C=O) groups excluding carboxylic acids is 3. The zero-order valence-electron chi connectivity index (χ0n) is 68.5. The minimum absolute atomic E-state index is 0. The van der Waals surface area contributed by atoms with Crippen LogP contribution in [0.15, 0.2) is 101 Å². The first-order valence-corrected chi connectivity index (χ1v) is 39.4. The molecular formula is C75H110AlClF6LiMnN10O19S2. The van der Waals surface area contributed by atoms with E-state index in [4.69, 9.17) is 71.8 Å². The molecule has 29 nitrogen and oxygen atoms in total. The molecule has 4 aliphatic heterocycles. The zero-order chi connectivity index (χ0) is 85.9. The quantitative estimate of drug-likeness (QED) is 0.00932. The first-order chi connectivity index (χ1) is 54.1. The van der Waals surface area contributed by atoms with Gasteiger partial charge in [0.15, 0.2) is 33.2 Å². The van der Waals surface area contributed by atoms with Crippen LogP contribution in [-0.2, 0) is 112 Å². The molecule has 9 heterocycles. The number of nitrogens with one attached hydrogen (secondary N) is 1. The number of hydrogen-bond donors (Lipinski definition) is 3. The van der Waals surface area contributed by atoms with Crippen LogP contribution in [-0.4, -0.2) is 197 Å². The van der Waals surface area contributed by atoms with Gasteiger partial charge in [0, 0.05) is 96.0 Å².